The normalized spacial score (nSPS) is 21.0. The van der Waals surface area contributed by atoms with Crippen LogP contribution in [0.5, 0.6) is 0 Å². The molecule has 2 heterocycles. The molecule has 1 atom stereocenters. The van der Waals surface area contributed by atoms with Crippen molar-refractivity contribution in [2.24, 2.45) is 0 Å². The Balaban J connectivity index is 0.00000100. The first-order valence-corrected chi connectivity index (χ1v) is 8.15. The van der Waals surface area contributed by atoms with Crippen LogP contribution in [0.2, 0.25) is 0 Å². The summed E-state index contributed by atoms with van der Waals surface area (Å²) in [7, 11) is 0. The zero-order valence-corrected chi connectivity index (χ0v) is 14.1. The molecule has 2 aliphatic heterocycles. The van der Waals surface area contributed by atoms with Gasteiger partial charge in [-0.15, -0.1) is 13.2 Å². The largest absolute Gasteiger partial charge is 0.446 e. The van der Waals surface area contributed by atoms with Gasteiger partial charge in [-0.1, -0.05) is 6.92 Å². The van der Waals surface area contributed by atoms with Crippen LogP contribution in [0.15, 0.2) is 37.4 Å². The minimum absolute atomic E-state index is 0.0222. The molecule has 0 radical (unpaired) electrons. The van der Waals surface area contributed by atoms with E-state index in [0.29, 0.717) is 19.7 Å². The SMILES string of the molecule is C=C.CC[C@H]1CCN(c2ccc(N3CCOCC3=O)cc2)C(=O)O1. The third-order valence-electron chi connectivity index (χ3n) is 4.08. The first-order valence-electron chi connectivity index (χ1n) is 8.15. The van der Waals surface area contributed by atoms with E-state index in [9.17, 15) is 9.59 Å². The smallest absolute Gasteiger partial charge is 0.414 e. The molecule has 0 spiro atoms. The molecule has 24 heavy (non-hydrogen) atoms. The van der Waals surface area contributed by atoms with Gasteiger partial charge in [0.05, 0.1) is 6.61 Å². The van der Waals surface area contributed by atoms with Crippen LogP contribution in [-0.2, 0) is 14.3 Å². The maximum atomic E-state index is 12.0. The van der Waals surface area contributed by atoms with Crippen molar-refractivity contribution in [1.82, 2.24) is 0 Å². The molecule has 2 saturated heterocycles. The molecule has 130 valence electrons. The maximum absolute atomic E-state index is 12.0. The summed E-state index contributed by atoms with van der Waals surface area (Å²) in [6.45, 7) is 9.90. The summed E-state index contributed by atoms with van der Waals surface area (Å²) >= 11 is 0. The average Bonchev–Trinajstić information content (AvgIpc) is 2.64. The fourth-order valence-corrected chi connectivity index (χ4v) is 2.76. The van der Waals surface area contributed by atoms with Crippen molar-refractivity contribution in [1.29, 1.82) is 0 Å². The number of amides is 2. The Labute approximate surface area is 142 Å². The Morgan fingerprint density at radius 3 is 2.25 bits per heavy atom. The van der Waals surface area contributed by atoms with Gasteiger partial charge in [0.25, 0.3) is 5.91 Å². The predicted molar refractivity (Wildman–Crippen MR) is 93.4 cm³/mol. The van der Waals surface area contributed by atoms with Crippen molar-refractivity contribution in [2.45, 2.75) is 25.9 Å². The maximum Gasteiger partial charge on any atom is 0.414 e. The van der Waals surface area contributed by atoms with Crippen molar-refractivity contribution in [3.63, 3.8) is 0 Å². The molecule has 0 aliphatic carbocycles. The summed E-state index contributed by atoms with van der Waals surface area (Å²) in [5, 5.41) is 0. The molecule has 0 unspecified atom stereocenters. The van der Waals surface area contributed by atoms with Crippen LogP contribution in [0.25, 0.3) is 0 Å². The van der Waals surface area contributed by atoms with E-state index in [-0.39, 0.29) is 24.7 Å². The van der Waals surface area contributed by atoms with Crippen molar-refractivity contribution in [2.75, 3.05) is 36.1 Å². The molecule has 0 bridgehead atoms. The summed E-state index contributed by atoms with van der Waals surface area (Å²) < 4.78 is 10.5. The average molecular weight is 332 g/mol. The predicted octanol–water partition coefficient (Wildman–Crippen LogP) is 2.98. The molecule has 1 aromatic rings. The number of carbonyl (C=O) groups excluding carboxylic acids is 2. The number of rotatable bonds is 3. The summed E-state index contributed by atoms with van der Waals surface area (Å²) in [6, 6.07) is 7.42. The molecule has 2 fully saturated rings. The summed E-state index contributed by atoms with van der Waals surface area (Å²) in [4.78, 5) is 27.2. The monoisotopic (exact) mass is 332 g/mol. The lowest BCUT2D eigenvalue weighted by molar-refractivity contribution is -0.125. The van der Waals surface area contributed by atoms with Crippen molar-refractivity contribution in [3.8, 4) is 0 Å². The lowest BCUT2D eigenvalue weighted by atomic mass is 10.1. The molecule has 6 heteroatoms. The van der Waals surface area contributed by atoms with E-state index >= 15 is 0 Å². The number of hydrogen-bond donors (Lipinski definition) is 0. The third-order valence-corrected chi connectivity index (χ3v) is 4.08. The third kappa shape index (κ3) is 3.94. The van der Waals surface area contributed by atoms with Crippen molar-refractivity contribution >= 4 is 23.4 Å². The van der Waals surface area contributed by atoms with Gasteiger partial charge in [-0.05, 0) is 30.7 Å². The van der Waals surface area contributed by atoms with Crippen LogP contribution in [0.4, 0.5) is 16.2 Å². The number of ether oxygens (including phenoxy) is 2. The Bertz CT molecular complexity index is 573. The molecule has 6 nitrogen and oxygen atoms in total. The number of morpholine rings is 1. The van der Waals surface area contributed by atoms with E-state index in [1.165, 1.54) is 0 Å². The lowest BCUT2D eigenvalue weighted by Gasteiger charge is -2.32. The number of nitrogens with zero attached hydrogens (tertiary/aromatic N) is 2. The Morgan fingerprint density at radius 2 is 1.71 bits per heavy atom. The molecule has 0 N–H and O–H groups in total. The number of anilines is 2. The first kappa shape index (κ1) is 18.0. The van der Waals surface area contributed by atoms with E-state index in [2.05, 4.69) is 13.2 Å². The van der Waals surface area contributed by atoms with E-state index in [4.69, 9.17) is 9.47 Å². The molecule has 0 saturated carbocycles. The molecular weight excluding hydrogens is 308 g/mol. The Kier molecular flexibility index (Phi) is 6.37. The van der Waals surface area contributed by atoms with Crippen LogP contribution in [-0.4, -0.2) is 44.4 Å². The van der Waals surface area contributed by atoms with Gasteiger partial charge in [0.15, 0.2) is 0 Å². The van der Waals surface area contributed by atoms with Gasteiger partial charge in [0, 0.05) is 30.9 Å². The van der Waals surface area contributed by atoms with Gasteiger partial charge in [0.1, 0.15) is 12.7 Å². The zero-order chi connectivity index (χ0) is 17.5. The number of hydrogen-bond acceptors (Lipinski definition) is 4. The molecule has 1 aromatic carbocycles. The molecule has 2 aliphatic rings. The van der Waals surface area contributed by atoms with Crippen molar-refractivity contribution < 1.29 is 19.1 Å². The van der Waals surface area contributed by atoms with Crippen LogP contribution < -0.4 is 9.80 Å². The second-order valence-electron chi connectivity index (χ2n) is 5.47. The number of carbonyl (C=O) groups is 2. The highest BCUT2D eigenvalue weighted by atomic mass is 16.6. The Hall–Kier alpha value is -2.34. The lowest BCUT2D eigenvalue weighted by Crippen LogP contribution is -2.42. The van der Waals surface area contributed by atoms with Gasteiger partial charge >= 0.3 is 6.09 Å². The van der Waals surface area contributed by atoms with Gasteiger partial charge in [-0.25, -0.2) is 4.79 Å². The standard InChI is InChI=1S/C16H20N2O4.C2H4/c1-2-14-7-8-18(16(20)22-14)13-5-3-12(4-6-13)17-9-10-21-11-15(17)19;1-2/h3-6,14H,2,7-11H2,1H3;1-2H2/t14-;/m0./s1. The minimum Gasteiger partial charge on any atom is -0.446 e. The first-order chi connectivity index (χ1) is 11.7. The molecule has 0 aromatic heterocycles. The minimum atomic E-state index is -0.298. The van der Waals surface area contributed by atoms with Crippen LogP contribution >= 0.6 is 0 Å². The molecular formula is C18H24N2O4. The quantitative estimate of drug-likeness (QED) is 0.799. The fourth-order valence-electron chi connectivity index (χ4n) is 2.76. The fraction of sp³-hybridized carbons (Fsp3) is 0.444. The van der Waals surface area contributed by atoms with Crippen molar-refractivity contribution in [3.05, 3.63) is 37.4 Å². The number of cyclic esters (lactones) is 1. The Morgan fingerprint density at radius 1 is 1.08 bits per heavy atom. The summed E-state index contributed by atoms with van der Waals surface area (Å²) in [5.74, 6) is -0.0397. The number of benzene rings is 1. The molecule has 3 rings (SSSR count). The topological polar surface area (TPSA) is 59.1 Å². The van der Waals surface area contributed by atoms with Gasteiger partial charge < -0.3 is 14.4 Å². The van der Waals surface area contributed by atoms with E-state index in [0.717, 1.165) is 24.2 Å². The second kappa shape index (κ2) is 8.49. The second-order valence-corrected chi connectivity index (χ2v) is 5.47. The zero-order valence-electron chi connectivity index (χ0n) is 14.1. The van der Waals surface area contributed by atoms with Crippen LogP contribution in [0.3, 0.4) is 0 Å². The highest BCUT2D eigenvalue weighted by Gasteiger charge is 2.27. The van der Waals surface area contributed by atoms with E-state index in [1.807, 2.05) is 31.2 Å². The van der Waals surface area contributed by atoms with Gasteiger partial charge in [-0.2, -0.15) is 0 Å². The highest BCUT2D eigenvalue weighted by molar-refractivity contribution is 5.95. The van der Waals surface area contributed by atoms with Gasteiger partial charge in [-0.3, -0.25) is 9.69 Å². The van der Waals surface area contributed by atoms with E-state index < -0.39 is 0 Å². The summed E-state index contributed by atoms with van der Waals surface area (Å²) in [5.41, 5.74) is 1.62. The van der Waals surface area contributed by atoms with E-state index in [1.54, 1.807) is 9.80 Å². The van der Waals surface area contributed by atoms with Crippen LogP contribution in [0, 0.1) is 0 Å². The van der Waals surface area contributed by atoms with Crippen LogP contribution in [0.1, 0.15) is 19.8 Å². The van der Waals surface area contributed by atoms with Gasteiger partial charge in [0.2, 0.25) is 0 Å². The highest BCUT2D eigenvalue weighted by Crippen LogP contribution is 2.25. The molecule has 2 amide bonds. The summed E-state index contributed by atoms with van der Waals surface area (Å²) in [6.07, 6.45) is 1.41.